The van der Waals surface area contributed by atoms with E-state index in [4.69, 9.17) is 4.42 Å². The summed E-state index contributed by atoms with van der Waals surface area (Å²) in [5.41, 5.74) is 6.53. The van der Waals surface area contributed by atoms with Crippen molar-refractivity contribution in [2.24, 2.45) is 5.10 Å². The van der Waals surface area contributed by atoms with Crippen LogP contribution in [0.3, 0.4) is 0 Å². The van der Waals surface area contributed by atoms with E-state index in [1.54, 1.807) is 20.2 Å². The fourth-order valence-electron chi connectivity index (χ4n) is 3.19. The van der Waals surface area contributed by atoms with E-state index in [-0.39, 0.29) is 11.8 Å². The van der Waals surface area contributed by atoms with Gasteiger partial charge >= 0.3 is 0 Å². The number of rotatable bonds is 3. The Labute approximate surface area is 152 Å². The van der Waals surface area contributed by atoms with Gasteiger partial charge in [0.15, 0.2) is 5.76 Å². The number of hydrazone groups is 1. The molecule has 0 saturated heterocycles. The Kier molecular flexibility index (Phi) is 4.93. The maximum Gasteiger partial charge on any atom is 0.289 e. The van der Waals surface area contributed by atoms with E-state index < -0.39 is 0 Å². The molecule has 1 aliphatic rings. The fraction of sp³-hybridized carbons (Fsp3) is 0.350. The molecule has 0 aliphatic heterocycles. The van der Waals surface area contributed by atoms with Gasteiger partial charge in [-0.2, -0.15) is 5.10 Å². The summed E-state index contributed by atoms with van der Waals surface area (Å²) in [6.45, 7) is 3.75. The lowest BCUT2D eigenvalue weighted by molar-refractivity contribution is 0.0793. The monoisotopic (exact) mass is 353 g/mol. The van der Waals surface area contributed by atoms with Crippen molar-refractivity contribution < 1.29 is 14.0 Å². The van der Waals surface area contributed by atoms with E-state index in [0.29, 0.717) is 11.3 Å². The fourth-order valence-corrected chi connectivity index (χ4v) is 3.19. The number of fused-ring (bicyclic) bond motifs is 1. The van der Waals surface area contributed by atoms with E-state index in [0.717, 1.165) is 47.4 Å². The molecule has 0 radical (unpaired) electrons. The third-order valence-corrected chi connectivity index (χ3v) is 4.61. The Morgan fingerprint density at radius 3 is 2.58 bits per heavy atom. The predicted octanol–water partition coefficient (Wildman–Crippen LogP) is 3.07. The molecule has 0 fully saturated rings. The number of hydrogen-bond acceptors (Lipinski definition) is 4. The van der Waals surface area contributed by atoms with E-state index >= 15 is 0 Å². The van der Waals surface area contributed by atoms with Crippen LogP contribution < -0.4 is 5.43 Å². The number of carbonyl (C=O) groups is 2. The maximum absolute atomic E-state index is 12.4. The van der Waals surface area contributed by atoms with Crippen LogP contribution in [0.5, 0.6) is 0 Å². The van der Waals surface area contributed by atoms with Crippen molar-refractivity contribution in [3.63, 3.8) is 0 Å². The number of nitrogens with one attached hydrogen (secondary N) is 1. The molecule has 1 aliphatic carbocycles. The largest absolute Gasteiger partial charge is 0.455 e. The number of amides is 2. The lowest BCUT2D eigenvalue weighted by Gasteiger charge is -2.13. The zero-order chi connectivity index (χ0) is 18.8. The molecule has 26 heavy (non-hydrogen) atoms. The highest BCUT2D eigenvalue weighted by molar-refractivity contribution is 6.07. The molecule has 6 nitrogen and oxygen atoms in total. The number of hydrogen-bond donors (Lipinski definition) is 1. The zero-order valence-corrected chi connectivity index (χ0v) is 15.5. The number of furan rings is 1. The van der Waals surface area contributed by atoms with Crippen LogP contribution in [0.1, 0.15) is 56.2 Å². The Hall–Kier alpha value is -2.89. The summed E-state index contributed by atoms with van der Waals surface area (Å²) in [6.07, 6.45) is 2.37. The maximum atomic E-state index is 12.4. The van der Waals surface area contributed by atoms with Crippen molar-refractivity contribution in [3.05, 3.63) is 58.0 Å². The van der Waals surface area contributed by atoms with Gasteiger partial charge in [0.25, 0.3) is 11.8 Å². The minimum absolute atomic E-state index is 0.166. The highest BCUT2D eigenvalue weighted by Gasteiger charge is 2.28. The van der Waals surface area contributed by atoms with Gasteiger partial charge in [-0.15, -0.1) is 0 Å². The van der Waals surface area contributed by atoms with Crippen LogP contribution in [0.25, 0.3) is 0 Å². The molecule has 0 saturated carbocycles. The minimum Gasteiger partial charge on any atom is -0.455 e. The third-order valence-electron chi connectivity index (χ3n) is 4.61. The van der Waals surface area contributed by atoms with Gasteiger partial charge in [-0.3, -0.25) is 9.59 Å². The average molecular weight is 353 g/mol. The summed E-state index contributed by atoms with van der Waals surface area (Å²) in [7, 11) is 3.39. The Morgan fingerprint density at radius 1 is 1.15 bits per heavy atom. The summed E-state index contributed by atoms with van der Waals surface area (Å²) >= 11 is 0. The van der Waals surface area contributed by atoms with Gasteiger partial charge in [0.1, 0.15) is 5.76 Å². The summed E-state index contributed by atoms with van der Waals surface area (Å²) < 4.78 is 5.82. The van der Waals surface area contributed by atoms with Crippen molar-refractivity contribution in [2.75, 3.05) is 14.1 Å². The molecule has 0 spiro atoms. The second-order valence-electron chi connectivity index (χ2n) is 6.72. The SMILES string of the molecule is Cc1ccccc1C(=O)N/N=C1\CCCc2oc(C(=O)N(C)C)c(C)c21. The summed E-state index contributed by atoms with van der Waals surface area (Å²) in [4.78, 5) is 26.2. The van der Waals surface area contributed by atoms with Gasteiger partial charge in [-0.1, -0.05) is 18.2 Å². The molecule has 2 amide bonds. The third kappa shape index (κ3) is 3.27. The van der Waals surface area contributed by atoms with E-state index in [1.165, 1.54) is 4.90 Å². The minimum atomic E-state index is -0.242. The average Bonchev–Trinajstić information content (AvgIpc) is 2.96. The lowest BCUT2D eigenvalue weighted by atomic mass is 9.93. The van der Waals surface area contributed by atoms with Gasteiger partial charge in [-0.25, -0.2) is 5.43 Å². The molecule has 1 N–H and O–H groups in total. The van der Waals surface area contributed by atoms with E-state index in [9.17, 15) is 9.59 Å². The molecule has 3 rings (SSSR count). The van der Waals surface area contributed by atoms with E-state index in [1.807, 2.05) is 32.0 Å². The second kappa shape index (κ2) is 7.15. The number of carbonyl (C=O) groups excluding carboxylic acids is 2. The van der Waals surface area contributed by atoms with Crippen molar-refractivity contribution >= 4 is 17.5 Å². The van der Waals surface area contributed by atoms with Gasteiger partial charge in [0.2, 0.25) is 0 Å². The molecule has 136 valence electrons. The standard InChI is InChI=1S/C20H23N3O3/c1-12-8-5-6-9-14(12)19(24)22-21-15-10-7-11-16-17(15)13(2)18(26-16)20(25)23(3)4/h5-6,8-9H,7,10-11H2,1-4H3,(H,22,24)/b21-15+. The van der Waals surface area contributed by atoms with Crippen LogP contribution in [0.2, 0.25) is 0 Å². The Bertz CT molecular complexity index is 894. The zero-order valence-electron chi connectivity index (χ0n) is 15.5. The van der Waals surface area contributed by atoms with Crippen LogP contribution in [0.4, 0.5) is 0 Å². The van der Waals surface area contributed by atoms with Crippen molar-refractivity contribution in [3.8, 4) is 0 Å². The molecule has 0 atom stereocenters. The van der Waals surface area contributed by atoms with Gasteiger partial charge in [0, 0.05) is 37.2 Å². The first-order valence-electron chi connectivity index (χ1n) is 8.67. The van der Waals surface area contributed by atoms with Crippen LogP contribution in [0, 0.1) is 13.8 Å². The van der Waals surface area contributed by atoms with Crippen molar-refractivity contribution in [1.82, 2.24) is 10.3 Å². The summed E-state index contributed by atoms with van der Waals surface area (Å²) in [6, 6.07) is 7.38. The van der Waals surface area contributed by atoms with Crippen LogP contribution >= 0.6 is 0 Å². The van der Waals surface area contributed by atoms with Crippen molar-refractivity contribution in [2.45, 2.75) is 33.1 Å². The van der Waals surface area contributed by atoms with Gasteiger partial charge in [0.05, 0.1) is 5.71 Å². The first-order valence-corrected chi connectivity index (χ1v) is 8.67. The molecule has 1 aromatic heterocycles. The van der Waals surface area contributed by atoms with Gasteiger partial charge < -0.3 is 9.32 Å². The lowest BCUT2D eigenvalue weighted by Crippen LogP contribution is -2.23. The number of benzene rings is 1. The topological polar surface area (TPSA) is 74.9 Å². The van der Waals surface area contributed by atoms with E-state index in [2.05, 4.69) is 10.5 Å². The molecule has 0 unspecified atom stereocenters. The first kappa shape index (κ1) is 17.9. The highest BCUT2D eigenvalue weighted by Crippen LogP contribution is 2.30. The van der Waals surface area contributed by atoms with Crippen LogP contribution in [-0.4, -0.2) is 36.5 Å². The molecule has 1 aromatic carbocycles. The van der Waals surface area contributed by atoms with Crippen LogP contribution in [-0.2, 0) is 6.42 Å². The smallest absolute Gasteiger partial charge is 0.289 e. The van der Waals surface area contributed by atoms with Crippen molar-refractivity contribution in [1.29, 1.82) is 0 Å². The molecule has 2 aromatic rings. The quantitative estimate of drug-likeness (QED) is 0.862. The Morgan fingerprint density at radius 2 is 1.88 bits per heavy atom. The molecular formula is C20H23N3O3. The highest BCUT2D eigenvalue weighted by atomic mass is 16.4. The second-order valence-corrected chi connectivity index (χ2v) is 6.72. The first-order chi connectivity index (χ1) is 12.4. The molecule has 6 heteroatoms. The molecule has 1 heterocycles. The summed E-state index contributed by atoms with van der Waals surface area (Å²) in [5, 5.41) is 4.35. The predicted molar refractivity (Wildman–Crippen MR) is 99.6 cm³/mol. The number of nitrogens with zero attached hydrogens (tertiary/aromatic N) is 2. The Balaban J connectivity index is 1.90. The normalized spacial score (nSPS) is 14.8. The molecule has 0 bridgehead atoms. The van der Waals surface area contributed by atoms with Gasteiger partial charge in [-0.05, 0) is 38.3 Å². The number of aryl methyl sites for hydroxylation is 2. The summed E-state index contributed by atoms with van der Waals surface area (Å²) in [5.74, 6) is 0.705. The van der Waals surface area contributed by atoms with Crippen LogP contribution in [0.15, 0.2) is 33.8 Å². The molecular weight excluding hydrogens is 330 g/mol.